The van der Waals surface area contributed by atoms with E-state index in [1.807, 2.05) is 0 Å². The molecule has 2 atom stereocenters. The van der Waals surface area contributed by atoms with Crippen molar-refractivity contribution in [1.82, 2.24) is 0 Å². The third kappa shape index (κ3) is 10.2. The number of hydrogen-bond acceptors (Lipinski definition) is 5. The molecule has 0 aromatic rings. The zero-order valence-corrected chi connectivity index (χ0v) is 9.70. The Bertz CT molecular complexity index is 198. The molecule has 6 nitrogen and oxygen atoms in total. The molecule has 1 N–H and O–H groups in total. The molecule has 0 aromatic carbocycles. The molecule has 0 spiro atoms. The van der Waals surface area contributed by atoms with E-state index in [2.05, 4.69) is 9.05 Å². The highest BCUT2D eigenvalue weighted by Crippen LogP contribution is 2.31. The lowest BCUT2D eigenvalue weighted by Gasteiger charge is -2.18. The summed E-state index contributed by atoms with van der Waals surface area (Å²) in [4.78, 5) is 8.21. The van der Waals surface area contributed by atoms with E-state index in [-0.39, 0.29) is 0 Å². The van der Waals surface area contributed by atoms with Gasteiger partial charge in [0.25, 0.3) is 0 Å². The molecule has 80 valence electrons. The molecule has 0 fully saturated rings. The Labute approximate surface area is 78.1 Å². The van der Waals surface area contributed by atoms with Gasteiger partial charge in [-0.15, -0.1) is 0 Å². The Balaban J connectivity index is 3.59. The lowest BCUT2D eigenvalue weighted by molar-refractivity contribution is 0.0657. The minimum Gasteiger partial charge on any atom is -0.326 e. The van der Waals surface area contributed by atoms with Gasteiger partial charge >= 0.3 is 16.5 Å². The predicted octanol–water partition coefficient (Wildman–Crippen LogP) is 1.56. The minimum atomic E-state index is -3.03. The zero-order chi connectivity index (χ0) is 10.5. The molecule has 0 amide bonds. The fourth-order valence-corrected chi connectivity index (χ4v) is 1.40. The molecule has 0 saturated carbocycles. The molecule has 0 aromatic heterocycles. The highest BCUT2D eigenvalue weighted by atomic mass is 31.1. The van der Waals surface area contributed by atoms with Crippen LogP contribution < -0.4 is 0 Å². The standard InChI is InChI=1S/C5H14O6P2/c1-5(2,3)11-13(8)10-4-9-12(6)7/h12-13H,4H2,1-3H3,(H,6,7). The molecule has 0 radical (unpaired) electrons. The largest absolute Gasteiger partial charge is 0.326 e. The van der Waals surface area contributed by atoms with Crippen LogP contribution in [0.25, 0.3) is 0 Å². The average Bonchev–Trinajstić information content (AvgIpc) is 1.81. The maximum absolute atomic E-state index is 10.9. The zero-order valence-electron chi connectivity index (χ0n) is 7.70. The summed E-state index contributed by atoms with van der Waals surface area (Å²) in [7, 11) is -5.68. The van der Waals surface area contributed by atoms with Gasteiger partial charge < -0.3 is 9.42 Å². The van der Waals surface area contributed by atoms with Gasteiger partial charge in [0.2, 0.25) is 0 Å². The second kappa shape index (κ2) is 5.91. The van der Waals surface area contributed by atoms with E-state index in [0.717, 1.165) is 0 Å². The lowest BCUT2D eigenvalue weighted by atomic mass is 10.2. The SMILES string of the molecule is CC(C)(C)O[PH](=O)OCO[PH](=O)O. The van der Waals surface area contributed by atoms with Gasteiger partial charge in [0.05, 0.1) is 5.60 Å². The first-order chi connectivity index (χ1) is 5.81. The van der Waals surface area contributed by atoms with Crippen LogP contribution in [0.4, 0.5) is 0 Å². The van der Waals surface area contributed by atoms with Crippen LogP contribution in [0.5, 0.6) is 0 Å². The summed E-state index contributed by atoms with van der Waals surface area (Å²) in [5, 5.41) is 0. The first-order valence-corrected chi connectivity index (χ1v) is 6.01. The monoisotopic (exact) mass is 232 g/mol. The summed E-state index contributed by atoms with van der Waals surface area (Å²) >= 11 is 0. The van der Waals surface area contributed by atoms with Crippen molar-refractivity contribution >= 4 is 16.5 Å². The predicted molar refractivity (Wildman–Crippen MR) is 48.1 cm³/mol. The van der Waals surface area contributed by atoms with Gasteiger partial charge in [-0.2, -0.15) is 0 Å². The van der Waals surface area contributed by atoms with Gasteiger partial charge in [-0.25, -0.2) is 0 Å². The van der Waals surface area contributed by atoms with Gasteiger partial charge in [-0.1, -0.05) is 0 Å². The topological polar surface area (TPSA) is 82.1 Å². The molecule has 0 aliphatic carbocycles. The molecule has 0 aliphatic rings. The van der Waals surface area contributed by atoms with E-state index in [1.165, 1.54) is 0 Å². The van der Waals surface area contributed by atoms with Crippen molar-refractivity contribution in [2.75, 3.05) is 6.79 Å². The van der Waals surface area contributed by atoms with Crippen molar-refractivity contribution in [2.24, 2.45) is 0 Å². The summed E-state index contributed by atoms with van der Waals surface area (Å²) in [6.07, 6.45) is 0. The van der Waals surface area contributed by atoms with Crippen LogP contribution in [0.15, 0.2) is 0 Å². The first-order valence-electron chi connectivity index (χ1n) is 3.53. The summed E-state index contributed by atoms with van der Waals surface area (Å²) in [5.74, 6) is 0. The van der Waals surface area contributed by atoms with E-state index in [0.29, 0.717) is 0 Å². The van der Waals surface area contributed by atoms with E-state index in [9.17, 15) is 9.13 Å². The van der Waals surface area contributed by atoms with Gasteiger partial charge in [0.15, 0.2) is 6.79 Å². The molecule has 0 aliphatic heterocycles. The molecular formula is C5H14O6P2. The number of rotatable bonds is 5. The van der Waals surface area contributed by atoms with E-state index in [4.69, 9.17) is 9.42 Å². The minimum absolute atomic E-state index is 0.498. The van der Waals surface area contributed by atoms with Crippen LogP contribution in [-0.4, -0.2) is 17.3 Å². The Kier molecular flexibility index (Phi) is 6.05. The van der Waals surface area contributed by atoms with Crippen molar-refractivity contribution in [3.05, 3.63) is 0 Å². The first kappa shape index (κ1) is 13.3. The highest BCUT2D eigenvalue weighted by Gasteiger charge is 2.14. The average molecular weight is 232 g/mol. The Hall–Kier alpha value is 0.300. The van der Waals surface area contributed by atoms with Gasteiger partial charge in [0, 0.05) is 0 Å². The summed E-state index contributed by atoms with van der Waals surface area (Å²) in [5.41, 5.74) is -0.569. The smallest absolute Gasteiger partial charge is 0.321 e. The molecule has 0 saturated heterocycles. The van der Waals surface area contributed by atoms with Gasteiger partial charge in [0.1, 0.15) is 0 Å². The Morgan fingerprint density at radius 1 is 1.23 bits per heavy atom. The van der Waals surface area contributed by atoms with Crippen molar-refractivity contribution < 1.29 is 27.6 Å². The lowest BCUT2D eigenvalue weighted by Crippen LogP contribution is -2.15. The van der Waals surface area contributed by atoms with Crippen molar-refractivity contribution in [1.29, 1.82) is 0 Å². The molecular weight excluding hydrogens is 218 g/mol. The molecule has 0 heterocycles. The van der Waals surface area contributed by atoms with E-state index >= 15 is 0 Å². The van der Waals surface area contributed by atoms with Crippen molar-refractivity contribution in [2.45, 2.75) is 26.4 Å². The second-order valence-electron chi connectivity index (χ2n) is 3.14. The fraction of sp³-hybridized carbons (Fsp3) is 1.00. The van der Waals surface area contributed by atoms with Crippen LogP contribution in [0, 0.1) is 0 Å². The maximum Gasteiger partial charge on any atom is 0.321 e. The fourth-order valence-electron chi connectivity index (χ4n) is 0.407. The summed E-state index contributed by atoms with van der Waals surface area (Å²) in [6, 6.07) is 0. The van der Waals surface area contributed by atoms with Crippen molar-refractivity contribution in [3.8, 4) is 0 Å². The molecule has 8 heteroatoms. The molecule has 2 unspecified atom stereocenters. The normalized spacial score (nSPS) is 16.9. The highest BCUT2D eigenvalue weighted by molar-refractivity contribution is 7.33. The maximum atomic E-state index is 10.9. The molecule has 0 bridgehead atoms. The van der Waals surface area contributed by atoms with Crippen LogP contribution in [-0.2, 0) is 22.7 Å². The van der Waals surface area contributed by atoms with Gasteiger partial charge in [-0.05, 0) is 20.8 Å². The Morgan fingerprint density at radius 2 is 1.77 bits per heavy atom. The molecule has 13 heavy (non-hydrogen) atoms. The summed E-state index contributed by atoms with van der Waals surface area (Å²) in [6.45, 7) is 4.65. The number of hydrogen-bond donors (Lipinski definition) is 1. The summed E-state index contributed by atoms with van der Waals surface area (Å²) < 4.78 is 34.5. The third-order valence-corrected chi connectivity index (χ3v) is 2.25. The van der Waals surface area contributed by atoms with Crippen LogP contribution >= 0.6 is 16.5 Å². The third-order valence-electron chi connectivity index (χ3n) is 0.749. The van der Waals surface area contributed by atoms with Crippen LogP contribution in [0.3, 0.4) is 0 Å². The van der Waals surface area contributed by atoms with Crippen LogP contribution in [0.1, 0.15) is 20.8 Å². The van der Waals surface area contributed by atoms with E-state index < -0.39 is 28.9 Å². The quantitative estimate of drug-likeness (QED) is 0.572. The van der Waals surface area contributed by atoms with Gasteiger partial charge in [-0.3, -0.25) is 18.2 Å². The van der Waals surface area contributed by atoms with Crippen molar-refractivity contribution in [3.63, 3.8) is 0 Å². The Morgan fingerprint density at radius 3 is 2.15 bits per heavy atom. The molecule has 0 rings (SSSR count). The second-order valence-corrected chi connectivity index (χ2v) is 4.95. The van der Waals surface area contributed by atoms with E-state index in [1.54, 1.807) is 20.8 Å². The van der Waals surface area contributed by atoms with Crippen LogP contribution in [0.2, 0.25) is 0 Å².